The van der Waals surface area contributed by atoms with Crippen molar-refractivity contribution in [2.24, 2.45) is 0 Å². The number of fused-ring (bicyclic) bond motifs is 3. The van der Waals surface area contributed by atoms with E-state index in [0.717, 1.165) is 0 Å². The summed E-state index contributed by atoms with van der Waals surface area (Å²) in [6, 6.07) is 11.9. The first kappa shape index (κ1) is 20.0. The summed E-state index contributed by atoms with van der Waals surface area (Å²) < 4.78 is 11.6. The lowest BCUT2D eigenvalue weighted by Gasteiger charge is -2.36. The number of hydrogen-bond donors (Lipinski definition) is 5. The number of phenolic OH excluding ortho intramolecular Hbond substituents is 4. The fourth-order valence-electron chi connectivity index (χ4n) is 4.38. The zero-order valence-electron chi connectivity index (χ0n) is 16.7. The van der Waals surface area contributed by atoms with Gasteiger partial charge in [0, 0.05) is 29.5 Å². The summed E-state index contributed by atoms with van der Waals surface area (Å²) in [4.78, 5) is 12.3. The van der Waals surface area contributed by atoms with Gasteiger partial charge in [-0.1, -0.05) is 18.2 Å². The van der Waals surface area contributed by atoms with Crippen molar-refractivity contribution >= 4 is 5.97 Å². The summed E-state index contributed by atoms with van der Waals surface area (Å²) in [5.74, 6) is -1.34. The second kappa shape index (κ2) is 7.35. The number of aliphatic hydroxyl groups is 1. The molecule has 0 saturated heterocycles. The predicted molar refractivity (Wildman–Crippen MR) is 111 cm³/mol. The minimum atomic E-state index is -0.960. The van der Waals surface area contributed by atoms with E-state index in [4.69, 9.17) is 9.47 Å². The molecule has 0 aromatic heterocycles. The van der Waals surface area contributed by atoms with Crippen LogP contribution in [-0.2, 0) is 11.2 Å². The number of phenols is 4. The lowest BCUT2D eigenvalue weighted by atomic mass is 9.82. The van der Waals surface area contributed by atoms with E-state index in [1.165, 1.54) is 30.3 Å². The van der Waals surface area contributed by atoms with Gasteiger partial charge in [0.15, 0.2) is 11.5 Å². The first-order valence-corrected chi connectivity index (χ1v) is 10.1. The monoisotopic (exact) mass is 436 g/mol. The Morgan fingerprint density at radius 1 is 0.812 bits per heavy atom. The van der Waals surface area contributed by atoms with Crippen molar-refractivity contribution in [3.05, 3.63) is 70.8 Å². The maximum absolute atomic E-state index is 12.3. The SMILES string of the molecule is O=C1CC(c2ccc(O)c(O)c2)c2c(cc(O)c3c2OC(c2ccc(O)cc2)C(O)C3)O1. The quantitative estimate of drug-likeness (QED) is 0.235. The Balaban J connectivity index is 1.66. The second-order valence-electron chi connectivity index (χ2n) is 8.00. The molecule has 3 atom stereocenters. The highest BCUT2D eigenvalue weighted by Gasteiger charge is 2.40. The van der Waals surface area contributed by atoms with E-state index in [1.807, 2.05) is 0 Å². The Kier molecular flexibility index (Phi) is 4.60. The molecule has 0 radical (unpaired) electrons. The van der Waals surface area contributed by atoms with Crippen molar-refractivity contribution in [1.82, 2.24) is 0 Å². The molecule has 3 aromatic carbocycles. The molecule has 0 fully saturated rings. The fraction of sp³-hybridized carbons (Fsp3) is 0.208. The molecular weight excluding hydrogens is 416 g/mol. The summed E-state index contributed by atoms with van der Waals surface area (Å²) in [6.45, 7) is 0. The van der Waals surface area contributed by atoms with Gasteiger partial charge in [-0.2, -0.15) is 0 Å². The van der Waals surface area contributed by atoms with E-state index in [1.54, 1.807) is 18.2 Å². The molecule has 5 rings (SSSR count). The third-order valence-corrected chi connectivity index (χ3v) is 5.94. The Morgan fingerprint density at radius 2 is 1.53 bits per heavy atom. The first-order valence-electron chi connectivity index (χ1n) is 10.1. The van der Waals surface area contributed by atoms with Crippen LogP contribution in [0.5, 0.6) is 34.5 Å². The topological polar surface area (TPSA) is 137 Å². The van der Waals surface area contributed by atoms with Crippen LogP contribution in [0.4, 0.5) is 0 Å². The van der Waals surface area contributed by atoms with Gasteiger partial charge in [0.05, 0.1) is 12.5 Å². The highest BCUT2D eigenvalue weighted by Crippen LogP contribution is 2.52. The van der Waals surface area contributed by atoms with Crippen molar-refractivity contribution < 1.29 is 39.8 Å². The third kappa shape index (κ3) is 3.25. The van der Waals surface area contributed by atoms with Gasteiger partial charge in [-0.25, -0.2) is 0 Å². The second-order valence-corrected chi connectivity index (χ2v) is 8.00. The van der Waals surface area contributed by atoms with E-state index in [2.05, 4.69) is 0 Å². The van der Waals surface area contributed by atoms with Crippen LogP contribution >= 0.6 is 0 Å². The molecular formula is C24H20O8. The summed E-state index contributed by atoms with van der Waals surface area (Å²) >= 11 is 0. The molecule has 0 aliphatic carbocycles. The fourth-order valence-corrected chi connectivity index (χ4v) is 4.38. The van der Waals surface area contributed by atoms with Crippen molar-refractivity contribution in [3.63, 3.8) is 0 Å². The van der Waals surface area contributed by atoms with E-state index in [0.29, 0.717) is 28.0 Å². The summed E-state index contributed by atoms with van der Waals surface area (Å²) in [7, 11) is 0. The van der Waals surface area contributed by atoms with Gasteiger partial charge in [-0.3, -0.25) is 4.79 Å². The van der Waals surface area contributed by atoms with Crippen molar-refractivity contribution in [2.75, 3.05) is 0 Å². The summed E-state index contributed by atoms with van der Waals surface area (Å²) in [5.41, 5.74) is 2.09. The zero-order valence-corrected chi connectivity index (χ0v) is 16.7. The molecule has 0 spiro atoms. The normalized spacial score (nSPS) is 21.8. The van der Waals surface area contributed by atoms with Crippen LogP contribution in [0.2, 0.25) is 0 Å². The van der Waals surface area contributed by atoms with Crippen LogP contribution < -0.4 is 9.47 Å². The van der Waals surface area contributed by atoms with E-state index in [-0.39, 0.29) is 41.6 Å². The standard InChI is InChI=1S/C24H20O8/c25-13-4-1-11(2-5-13)23-19(29)8-15-17(27)10-20-22(24(15)32-23)14(9-21(30)31-20)12-3-6-16(26)18(28)7-12/h1-7,10,14,19,23,25-29H,8-9H2. The Morgan fingerprint density at radius 3 is 2.25 bits per heavy atom. The largest absolute Gasteiger partial charge is 0.508 e. The van der Waals surface area contributed by atoms with Gasteiger partial charge in [0.2, 0.25) is 0 Å². The minimum Gasteiger partial charge on any atom is -0.508 e. The molecule has 2 aliphatic rings. The summed E-state index contributed by atoms with van der Waals surface area (Å²) in [5, 5.41) is 50.5. The van der Waals surface area contributed by atoms with Crippen molar-refractivity contribution in [2.45, 2.75) is 31.0 Å². The number of hydrogen-bond acceptors (Lipinski definition) is 8. The highest BCUT2D eigenvalue weighted by atomic mass is 16.5. The molecule has 0 amide bonds. The number of aliphatic hydroxyl groups excluding tert-OH is 1. The van der Waals surface area contributed by atoms with E-state index < -0.39 is 24.1 Å². The van der Waals surface area contributed by atoms with Crippen LogP contribution in [0.15, 0.2) is 48.5 Å². The molecule has 0 saturated carbocycles. The Labute approximate surface area is 182 Å². The average molecular weight is 436 g/mol. The van der Waals surface area contributed by atoms with Gasteiger partial charge in [0.1, 0.15) is 29.1 Å². The molecule has 8 nitrogen and oxygen atoms in total. The van der Waals surface area contributed by atoms with Crippen molar-refractivity contribution in [1.29, 1.82) is 0 Å². The van der Waals surface area contributed by atoms with Crippen LogP contribution in [0.3, 0.4) is 0 Å². The molecule has 0 bridgehead atoms. The zero-order chi connectivity index (χ0) is 22.6. The number of carbonyl (C=O) groups is 1. The first-order chi connectivity index (χ1) is 15.3. The maximum Gasteiger partial charge on any atom is 0.312 e. The predicted octanol–water partition coefficient (Wildman–Crippen LogP) is 2.99. The molecule has 3 unspecified atom stereocenters. The highest BCUT2D eigenvalue weighted by molar-refractivity contribution is 5.80. The number of carbonyl (C=O) groups excluding carboxylic acids is 1. The number of esters is 1. The van der Waals surface area contributed by atoms with Gasteiger partial charge < -0.3 is 35.0 Å². The van der Waals surface area contributed by atoms with E-state index in [9.17, 15) is 30.3 Å². The van der Waals surface area contributed by atoms with Gasteiger partial charge >= 0.3 is 5.97 Å². The molecule has 5 N–H and O–H groups in total. The van der Waals surface area contributed by atoms with E-state index >= 15 is 0 Å². The Bertz CT molecular complexity index is 1220. The molecule has 8 heteroatoms. The van der Waals surface area contributed by atoms with Gasteiger partial charge in [-0.05, 0) is 35.4 Å². The molecule has 32 heavy (non-hydrogen) atoms. The van der Waals surface area contributed by atoms with Crippen molar-refractivity contribution in [3.8, 4) is 34.5 Å². The summed E-state index contributed by atoms with van der Waals surface area (Å²) in [6.07, 6.45) is -1.68. The number of aromatic hydroxyl groups is 4. The number of benzene rings is 3. The molecule has 2 heterocycles. The van der Waals surface area contributed by atoms with Crippen LogP contribution in [0.1, 0.15) is 40.7 Å². The Hall–Kier alpha value is -3.91. The lowest BCUT2D eigenvalue weighted by molar-refractivity contribution is -0.135. The maximum atomic E-state index is 12.3. The molecule has 164 valence electrons. The number of rotatable bonds is 2. The van der Waals surface area contributed by atoms with Crippen LogP contribution in [0.25, 0.3) is 0 Å². The molecule has 3 aromatic rings. The van der Waals surface area contributed by atoms with Gasteiger partial charge in [-0.15, -0.1) is 0 Å². The average Bonchev–Trinajstić information content (AvgIpc) is 2.76. The lowest BCUT2D eigenvalue weighted by Crippen LogP contribution is -2.32. The minimum absolute atomic E-state index is 0.0375. The van der Waals surface area contributed by atoms with Crippen LogP contribution in [0, 0.1) is 0 Å². The third-order valence-electron chi connectivity index (χ3n) is 5.94. The van der Waals surface area contributed by atoms with Crippen LogP contribution in [-0.4, -0.2) is 37.6 Å². The smallest absolute Gasteiger partial charge is 0.312 e. The molecule has 2 aliphatic heterocycles. The van der Waals surface area contributed by atoms with Gasteiger partial charge in [0.25, 0.3) is 0 Å². The number of ether oxygens (including phenoxy) is 2.